The van der Waals surface area contributed by atoms with Gasteiger partial charge in [-0.25, -0.2) is 5.01 Å². The maximum absolute atomic E-state index is 13.3. The quantitative estimate of drug-likeness (QED) is 0.581. The Balaban J connectivity index is 1.61. The Morgan fingerprint density at radius 1 is 1.07 bits per heavy atom. The van der Waals surface area contributed by atoms with Crippen molar-refractivity contribution in [2.75, 3.05) is 5.32 Å². The zero-order valence-corrected chi connectivity index (χ0v) is 17.8. The van der Waals surface area contributed by atoms with E-state index in [-0.39, 0.29) is 5.91 Å². The number of hydrazine groups is 1. The number of carbonyl (C=O) groups is 2. The van der Waals surface area contributed by atoms with Crippen molar-refractivity contribution in [2.45, 2.75) is 19.2 Å². The van der Waals surface area contributed by atoms with E-state index in [0.717, 1.165) is 10.0 Å². The number of hydrogen-bond donors (Lipinski definition) is 2. The van der Waals surface area contributed by atoms with Crippen LogP contribution in [0.5, 0.6) is 5.75 Å². The van der Waals surface area contributed by atoms with Crippen molar-refractivity contribution in [3.8, 4) is 5.75 Å². The van der Waals surface area contributed by atoms with Crippen LogP contribution in [-0.2, 0) is 4.79 Å². The highest BCUT2D eigenvalue weighted by Crippen LogP contribution is 2.33. The molecule has 6 nitrogen and oxygen atoms in total. The van der Waals surface area contributed by atoms with Gasteiger partial charge in [0.1, 0.15) is 11.9 Å². The largest absolute Gasteiger partial charge is 0.481 e. The lowest BCUT2D eigenvalue weighted by Crippen LogP contribution is -2.55. The first-order chi connectivity index (χ1) is 14.5. The third-order valence-corrected chi connectivity index (χ3v) is 5.25. The molecule has 2 N–H and O–H groups in total. The van der Waals surface area contributed by atoms with Gasteiger partial charge in [0.05, 0.1) is 5.56 Å². The Hall–Kier alpha value is -3.32. The fraction of sp³-hybridized carbons (Fsp3) is 0.130. The lowest BCUT2D eigenvalue weighted by Gasteiger charge is -2.38. The second-order valence-corrected chi connectivity index (χ2v) is 7.79. The normalized spacial score (nSPS) is 16.3. The molecule has 0 aromatic heterocycles. The van der Waals surface area contributed by atoms with E-state index in [2.05, 4.69) is 26.7 Å². The summed E-state index contributed by atoms with van der Waals surface area (Å²) in [5.41, 5.74) is 4.75. The lowest BCUT2D eigenvalue weighted by molar-refractivity contribution is -0.132. The predicted octanol–water partition coefficient (Wildman–Crippen LogP) is 4.51. The maximum Gasteiger partial charge on any atom is 0.279 e. The zero-order valence-electron chi connectivity index (χ0n) is 16.2. The van der Waals surface area contributed by atoms with E-state index in [9.17, 15) is 9.59 Å². The molecular weight excluding hydrogens is 446 g/mol. The number of para-hydroxylation sites is 1. The zero-order chi connectivity index (χ0) is 21.1. The fourth-order valence-electron chi connectivity index (χ4n) is 3.23. The molecule has 0 saturated carbocycles. The third-order valence-electron chi connectivity index (χ3n) is 4.75. The molecular formula is C23H20BrN3O3. The minimum Gasteiger partial charge on any atom is -0.481 e. The van der Waals surface area contributed by atoms with Crippen molar-refractivity contribution in [1.82, 2.24) is 10.4 Å². The van der Waals surface area contributed by atoms with E-state index in [1.807, 2.05) is 60.7 Å². The van der Waals surface area contributed by atoms with E-state index in [1.165, 1.54) is 5.01 Å². The number of nitrogens with one attached hydrogen (secondary N) is 2. The molecule has 1 aliphatic rings. The van der Waals surface area contributed by atoms with Crippen LogP contribution in [0.4, 0.5) is 5.69 Å². The SMILES string of the molecule is CC(Oc1ccccc1)C(=O)NN1C(=O)c2cc(Br)ccc2NC1c1ccccc1. The van der Waals surface area contributed by atoms with E-state index < -0.39 is 18.2 Å². The number of hydrogen-bond acceptors (Lipinski definition) is 4. The number of halogens is 1. The van der Waals surface area contributed by atoms with Gasteiger partial charge in [0.25, 0.3) is 11.8 Å². The molecule has 0 radical (unpaired) electrons. The summed E-state index contributed by atoms with van der Waals surface area (Å²) in [6, 6.07) is 24.0. The minimum absolute atomic E-state index is 0.306. The molecule has 0 saturated heterocycles. The van der Waals surface area contributed by atoms with Crippen LogP contribution in [0.3, 0.4) is 0 Å². The van der Waals surface area contributed by atoms with Gasteiger partial charge in [-0.1, -0.05) is 64.5 Å². The molecule has 4 rings (SSSR count). The minimum atomic E-state index is -0.791. The van der Waals surface area contributed by atoms with Crippen LogP contribution in [0, 0.1) is 0 Å². The number of ether oxygens (including phenoxy) is 1. The van der Waals surface area contributed by atoms with Gasteiger partial charge in [-0.3, -0.25) is 15.0 Å². The monoisotopic (exact) mass is 465 g/mol. The first-order valence-electron chi connectivity index (χ1n) is 9.50. The van der Waals surface area contributed by atoms with E-state index in [0.29, 0.717) is 17.0 Å². The smallest absolute Gasteiger partial charge is 0.279 e. The second-order valence-electron chi connectivity index (χ2n) is 6.87. The highest BCUT2D eigenvalue weighted by Gasteiger charge is 2.35. The van der Waals surface area contributed by atoms with E-state index >= 15 is 0 Å². The topological polar surface area (TPSA) is 70.7 Å². The van der Waals surface area contributed by atoms with Crippen LogP contribution in [-0.4, -0.2) is 22.9 Å². The van der Waals surface area contributed by atoms with Crippen molar-refractivity contribution in [2.24, 2.45) is 0 Å². The summed E-state index contributed by atoms with van der Waals surface area (Å²) in [5.74, 6) is -0.148. The number of amides is 2. The second kappa shape index (κ2) is 8.59. The first-order valence-corrected chi connectivity index (χ1v) is 10.3. The van der Waals surface area contributed by atoms with Gasteiger partial charge in [-0.15, -0.1) is 0 Å². The average Bonchev–Trinajstić information content (AvgIpc) is 2.77. The van der Waals surface area contributed by atoms with Crippen LogP contribution < -0.4 is 15.5 Å². The summed E-state index contributed by atoms with van der Waals surface area (Å²) >= 11 is 3.40. The van der Waals surface area contributed by atoms with Crippen LogP contribution in [0.2, 0.25) is 0 Å². The van der Waals surface area contributed by atoms with E-state index in [1.54, 1.807) is 25.1 Å². The summed E-state index contributed by atoms with van der Waals surface area (Å²) < 4.78 is 6.48. The molecule has 0 spiro atoms. The summed E-state index contributed by atoms with van der Waals surface area (Å²) in [4.78, 5) is 26.1. The van der Waals surface area contributed by atoms with Gasteiger partial charge in [-0.2, -0.15) is 0 Å². The molecule has 3 aromatic carbocycles. The van der Waals surface area contributed by atoms with Gasteiger partial charge >= 0.3 is 0 Å². The summed E-state index contributed by atoms with van der Waals surface area (Å²) in [6.45, 7) is 1.65. The van der Waals surface area contributed by atoms with Gasteiger partial charge in [0, 0.05) is 10.2 Å². The van der Waals surface area contributed by atoms with Crippen molar-refractivity contribution in [3.05, 3.63) is 94.5 Å². The molecule has 1 heterocycles. The van der Waals surface area contributed by atoms with Crippen molar-refractivity contribution < 1.29 is 14.3 Å². The number of rotatable bonds is 5. The van der Waals surface area contributed by atoms with Crippen molar-refractivity contribution in [1.29, 1.82) is 0 Å². The first kappa shape index (κ1) is 20.0. The van der Waals surface area contributed by atoms with Gasteiger partial charge in [-0.05, 0) is 42.8 Å². The third kappa shape index (κ3) is 4.16. The summed E-state index contributed by atoms with van der Waals surface area (Å²) in [7, 11) is 0. The Bertz CT molecular complexity index is 1060. The number of nitrogens with zero attached hydrogens (tertiary/aromatic N) is 1. The maximum atomic E-state index is 13.3. The molecule has 1 aliphatic heterocycles. The molecule has 2 atom stereocenters. The molecule has 2 unspecified atom stereocenters. The molecule has 0 aliphatic carbocycles. The van der Waals surface area contributed by atoms with Crippen molar-refractivity contribution >= 4 is 33.4 Å². The molecule has 7 heteroatoms. The highest BCUT2D eigenvalue weighted by atomic mass is 79.9. The molecule has 152 valence electrons. The van der Waals surface area contributed by atoms with E-state index in [4.69, 9.17) is 4.74 Å². The Labute approximate surface area is 182 Å². The molecule has 2 amide bonds. The number of carbonyl (C=O) groups excluding carboxylic acids is 2. The molecule has 30 heavy (non-hydrogen) atoms. The molecule has 0 fully saturated rings. The molecule has 0 bridgehead atoms. The van der Waals surface area contributed by atoms with Crippen molar-refractivity contribution in [3.63, 3.8) is 0 Å². The number of anilines is 1. The van der Waals surface area contributed by atoms with Crippen LogP contribution in [0.25, 0.3) is 0 Å². The predicted molar refractivity (Wildman–Crippen MR) is 118 cm³/mol. The fourth-order valence-corrected chi connectivity index (χ4v) is 3.59. The standard InChI is InChI=1S/C23H20BrN3O3/c1-15(30-18-10-6-3-7-11-18)22(28)26-27-21(16-8-4-2-5-9-16)25-20-13-12-17(24)14-19(20)23(27)29/h2-15,21,25H,1H3,(H,26,28). The Kier molecular flexibility index (Phi) is 5.72. The lowest BCUT2D eigenvalue weighted by atomic mass is 10.0. The average molecular weight is 466 g/mol. The Morgan fingerprint density at radius 3 is 2.43 bits per heavy atom. The van der Waals surface area contributed by atoms with Gasteiger partial charge < -0.3 is 10.1 Å². The summed E-state index contributed by atoms with van der Waals surface area (Å²) in [5, 5.41) is 4.66. The summed E-state index contributed by atoms with van der Waals surface area (Å²) in [6.07, 6.45) is -1.35. The van der Waals surface area contributed by atoms with Crippen LogP contribution in [0.15, 0.2) is 83.3 Å². The highest BCUT2D eigenvalue weighted by molar-refractivity contribution is 9.10. The van der Waals surface area contributed by atoms with Gasteiger partial charge in [0.2, 0.25) is 0 Å². The van der Waals surface area contributed by atoms with Crippen LogP contribution in [0.1, 0.15) is 29.0 Å². The van der Waals surface area contributed by atoms with Gasteiger partial charge in [0.15, 0.2) is 6.10 Å². The van der Waals surface area contributed by atoms with Crippen LogP contribution >= 0.6 is 15.9 Å². The number of fused-ring (bicyclic) bond motifs is 1. The molecule has 3 aromatic rings. The number of benzene rings is 3. The Morgan fingerprint density at radius 2 is 1.73 bits per heavy atom.